The van der Waals surface area contributed by atoms with Crippen molar-refractivity contribution in [1.82, 2.24) is 9.88 Å². The minimum Gasteiger partial charge on any atom is -0.495 e. The van der Waals surface area contributed by atoms with Crippen LogP contribution in [0.4, 0.5) is 11.5 Å². The maximum absolute atomic E-state index is 6.33. The van der Waals surface area contributed by atoms with Gasteiger partial charge < -0.3 is 20.3 Å². The van der Waals surface area contributed by atoms with Gasteiger partial charge in [0.2, 0.25) is 0 Å². The summed E-state index contributed by atoms with van der Waals surface area (Å²) in [5.74, 6) is 2.47. The summed E-state index contributed by atoms with van der Waals surface area (Å²) in [6.45, 7) is 11.0. The number of aliphatic imine (C=N–C) groups is 1. The predicted molar refractivity (Wildman–Crippen MR) is 155 cm³/mol. The molecule has 0 fully saturated rings. The molecule has 1 aromatic heterocycles. The lowest BCUT2D eigenvalue weighted by atomic mass is 10.1. The number of nitrogens with zero attached hydrogens (tertiary/aromatic N) is 3. The molecule has 36 heavy (non-hydrogen) atoms. The summed E-state index contributed by atoms with van der Waals surface area (Å²) in [6, 6.07) is 15.8. The molecule has 3 aromatic rings. The van der Waals surface area contributed by atoms with Gasteiger partial charge >= 0.3 is 0 Å². The molecule has 194 valence electrons. The van der Waals surface area contributed by atoms with Gasteiger partial charge in [-0.1, -0.05) is 75.2 Å². The molecule has 0 atom stereocenters. The monoisotopic (exact) mass is 529 g/mol. The fourth-order valence-corrected chi connectivity index (χ4v) is 3.95. The Morgan fingerprint density at radius 3 is 2.22 bits per heavy atom. The molecule has 0 aliphatic carbocycles. The number of hydrogen-bond acceptors (Lipinski definition) is 6. The fraction of sp³-hybridized carbons (Fsp3) is 0.357. The molecule has 1 aliphatic rings. The largest absolute Gasteiger partial charge is 0.495 e. The fourth-order valence-electron chi connectivity index (χ4n) is 3.61. The van der Waals surface area contributed by atoms with E-state index < -0.39 is 0 Å². The second-order valence-electron chi connectivity index (χ2n) is 7.53. The summed E-state index contributed by atoms with van der Waals surface area (Å²) in [7, 11) is 3.71. The lowest BCUT2D eigenvalue weighted by molar-refractivity contribution is 0.416. The number of anilines is 2. The van der Waals surface area contributed by atoms with Crippen LogP contribution >= 0.6 is 23.2 Å². The number of likely N-dealkylation sites (N-methyl/N-ethyl adjacent to an activating group) is 1. The van der Waals surface area contributed by atoms with Crippen LogP contribution in [0.2, 0.25) is 10.0 Å². The van der Waals surface area contributed by atoms with E-state index in [1.165, 1.54) is 0 Å². The third kappa shape index (κ3) is 8.04. The van der Waals surface area contributed by atoms with E-state index in [1.807, 2.05) is 45.9 Å². The van der Waals surface area contributed by atoms with E-state index >= 15 is 0 Å². The number of halogens is 2. The molecule has 0 bridgehead atoms. The summed E-state index contributed by atoms with van der Waals surface area (Å²) in [5.41, 5.74) is 4.16. The van der Waals surface area contributed by atoms with E-state index in [0.717, 1.165) is 47.1 Å². The van der Waals surface area contributed by atoms with Crippen LogP contribution in [0.15, 0.2) is 59.7 Å². The molecule has 0 radical (unpaired) electrons. The van der Waals surface area contributed by atoms with E-state index in [9.17, 15) is 0 Å². The number of nitrogens with one attached hydrogen (secondary N) is 2. The van der Waals surface area contributed by atoms with E-state index in [0.29, 0.717) is 28.9 Å². The van der Waals surface area contributed by atoms with Gasteiger partial charge in [-0.15, -0.1) is 0 Å². The van der Waals surface area contributed by atoms with Crippen LogP contribution in [0.3, 0.4) is 0 Å². The van der Waals surface area contributed by atoms with Gasteiger partial charge in [0, 0.05) is 49.5 Å². The van der Waals surface area contributed by atoms with Crippen molar-refractivity contribution < 1.29 is 4.74 Å². The Morgan fingerprint density at radius 2 is 1.64 bits per heavy atom. The summed E-state index contributed by atoms with van der Waals surface area (Å²) < 4.78 is 5.59. The van der Waals surface area contributed by atoms with Crippen LogP contribution in [-0.4, -0.2) is 43.0 Å². The molecule has 2 aromatic carbocycles. The first-order chi connectivity index (χ1) is 17.5. The van der Waals surface area contributed by atoms with Crippen LogP contribution in [-0.2, 0) is 13.1 Å². The quantitative estimate of drug-likeness (QED) is 0.319. The zero-order chi connectivity index (χ0) is 26.5. The van der Waals surface area contributed by atoms with Gasteiger partial charge in [0.25, 0.3) is 0 Å². The lowest BCUT2D eigenvalue weighted by Gasteiger charge is -2.18. The molecular weight excluding hydrogens is 493 g/mol. The van der Waals surface area contributed by atoms with E-state index in [2.05, 4.69) is 56.8 Å². The van der Waals surface area contributed by atoms with Gasteiger partial charge in [0.15, 0.2) is 0 Å². The lowest BCUT2D eigenvalue weighted by Crippen LogP contribution is -2.23. The molecule has 8 heteroatoms. The number of aromatic nitrogens is 1. The first-order valence-corrected chi connectivity index (χ1v) is 13.1. The average Bonchev–Trinajstić information content (AvgIpc) is 3.35. The molecule has 0 spiro atoms. The van der Waals surface area contributed by atoms with Crippen molar-refractivity contribution in [3.63, 3.8) is 0 Å². The van der Waals surface area contributed by atoms with Crippen molar-refractivity contribution >= 4 is 40.5 Å². The normalized spacial score (nSPS) is 12.0. The second kappa shape index (κ2) is 15.2. The molecule has 0 amide bonds. The van der Waals surface area contributed by atoms with Gasteiger partial charge in [-0.2, -0.15) is 0 Å². The highest BCUT2D eigenvalue weighted by Gasteiger charge is 2.15. The smallest absolute Gasteiger partial charge is 0.143 e. The van der Waals surface area contributed by atoms with Crippen LogP contribution in [0.5, 0.6) is 5.75 Å². The maximum atomic E-state index is 6.33. The van der Waals surface area contributed by atoms with Crippen LogP contribution in [0.1, 0.15) is 44.4 Å². The predicted octanol–water partition coefficient (Wildman–Crippen LogP) is 7.37. The SMILES string of the molecule is CC.CC.COc1cc(Cl)cc(CNc2ccc(Cl)cn2)c1NCc1ccc(C2=NCCN2C)cc1. The highest BCUT2D eigenvalue weighted by molar-refractivity contribution is 6.31. The Balaban J connectivity index is 0.00000109. The third-order valence-corrected chi connectivity index (χ3v) is 5.74. The van der Waals surface area contributed by atoms with Crippen LogP contribution in [0.25, 0.3) is 0 Å². The molecule has 4 rings (SSSR count). The van der Waals surface area contributed by atoms with Crippen molar-refractivity contribution in [3.05, 3.63) is 81.5 Å². The zero-order valence-electron chi connectivity index (χ0n) is 22.0. The standard InChI is InChI=1S/C24H25Cl2N5O.2C2H6/c1-31-10-9-27-24(31)17-5-3-16(4-6-17)13-30-23-18(11-20(26)12-21(23)32-2)14-28-22-8-7-19(25)15-29-22;2*1-2/h3-8,11-12,15,30H,9-10,13-14H2,1-2H3,(H,28,29);2*1-2H3. The van der Waals surface area contributed by atoms with Gasteiger partial charge in [-0.05, 0) is 29.3 Å². The topological polar surface area (TPSA) is 61.8 Å². The summed E-state index contributed by atoms with van der Waals surface area (Å²) in [5, 5.41) is 8.03. The first-order valence-electron chi connectivity index (χ1n) is 12.3. The number of benzene rings is 2. The van der Waals surface area contributed by atoms with Gasteiger partial charge in [-0.3, -0.25) is 4.99 Å². The molecule has 0 saturated carbocycles. The zero-order valence-corrected chi connectivity index (χ0v) is 23.5. The number of amidine groups is 1. The number of methoxy groups -OCH3 is 1. The number of ether oxygens (including phenoxy) is 1. The minimum atomic E-state index is 0.527. The van der Waals surface area contributed by atoms with E-state index in [4.69, 9.17) is 27.9 Å². The average molecular weight is 531 g/mol. The third-order valence-electron chi connectivity index (χ3n) is 5.30. The summed E-state index contributed by atoms with van der Waals surface area (Å²) >= 11 is 12.3. The highest BCUT2D eigenvalue weighted by Crippen LogP contribution is 2.33. The Morgan fingerprint density at radius 1 is 0.917 bits per heavy atom. The Kier molecular flexibility index (Phi) is 12.4. The molecule has 2 heterocycles. The Bertz CT molecular complexity index is 1100. The van der Waals surface area contributed by atoms with Gasteiger partial charge in [-0.25, -0.2) is 4.98 Å². The molecule has 2 N–H and O–H groups in total. The first kappa shape index (κ1) is 29.3. The minimum absolute atomic E-state index is 0.527. The number of pyridine rings is 1. The van der Waals surface area contributed by atoms with Crippen molar-refractivity contribution in [2.45, 2.75) is 40.8 Å². The maximum Gasteiger partial charge on any atom is 0.143 e. The summed E-state index contributed by atoms with van der Waals surface area (Å²) in [4.78, 5) is 11.0. The van der Waals surface area contributed by atoms with Crippen LogP contribution in [0, 0.1) is 0 Å². The molecule has 1 aliphatic heterocycles. The van der Waals surface area contributed by atoms with Crippen molar-refractivity contribution in [2.24, 2.45) is 4.99 Å². The van der Waals surface area contributed by atoms with Crippen molar-refractivity contribution in [2.75, 3.05) is 37.9 Å². The Hall–Kier alpha value is -2.96. The molecule has 6 nitrogen and oxygen atoms in total. The van der Waals surface area contributed by atoms with E-state index in [1.54, 1.807) is 19.4 Å². The van der Waals surface area contributed by atoms with Gasteiger partial charge in [0.05, 0.1) is 24.4 Å². The number of rotatable bonds is 8. The van der Waals surface area contributed by atoms with Crippen molar-refractivity contribution in [3.8, 4) is 5.75 Å². The highest BCUT2D eigenvalue weighted by atomic mass is 35.5. The molecular formula is C28H37Cl2N5O. The van der Waals surface area contributed by atoms with Crippen molar-refractivity contribution in [1.29, 1.82) is 0 Å². The molecule has 0 saturated heterocycles. The van der Waals surface area contributed by atoms with Crippen LogP contribution < -0.4 is 15.4 Å². The molecule has 0 unspecified atom stereocenters. The Labute approximate surface area is 225 Å². The summed E-state index contributed by atoms with van der Waals surface area (Å²) in [6.07, 6.45) is 1.61. The second-order valence-corrected chi connectivity index (χ2v) is 8.41. The van der Waals surface area contributed by atoms with E-state index in [-0.39, 0.29) is 0 Å². The number of hydrogen-bond donors (Lipinski definition) is 2. The van der Waals surface area contributed by atoms with Gasteiger partial charge in [0.1, 0.15) is 17.4 Å².